The van der Waals surface area contributed by atoms with Crippen LogP contribution in [0, 0.1) is 0 Å². The van der Waals surface area contributed by atoms with Gasteiger partial charge in [-0.3, -0.25) is 0 Å². The highest BCUT2D eigenvalue weighted by atomic mass is 16.5. The van der Waals surface area contributed by atoms with Crippen LogP contribution in [0.2, 0.25) is 0 Å². The lowest BCUT2D eigenvalue weighted by Gasteiger charge is -2.29. The third kappa shape index (κ3) is 4.22. The first-order valence-electron chi connectivity index (χ1n) is 6.57. The van der Waals surface area contributed by atoms with Crippen LogP contribution in [-0.2, 0) is 11.2 Å². The number of benzene rings is 1. The minimum Gasteiger partial charge on any atom is -0.394 e. The number of urea groups is 1. The highest BCUT2D eigenvalue weighted by Gasteiger charge is 2.19. The average molecular weight is 264 g/mol. The fourth-order valence-electron chi connectivity index (χ4n) is 2.09. The van der Waals surface area contributed by atoms with Crippen molar-refractivity contribution in [2.24, 2.45) is 0 Å². The lowest BCUT2D eigenvalue weighted by molar-refractivity contribution is 0.0518. The molecule has 0 aliphatic carbocycles. The molecule has 1 aromatic rings. The van der Waals surface area contributed by atoms with E-state index >= 15 is 0 Å². The summed E-state index contributed by atoms with van der Waals surface area (Å²) in [7, 11) is 0. The predicted octanol–water partition coefficient (Wildman–Crippen LogP) is 0.632. The molecular formula is C14H20N2O3. The van der Waals surface area contributed by atoms with E-state index < -0.39 is 0 Å². The van der Waals surface area contributed by atoms with Crippen LogP contribution in [0.5, 0.6) is 0 Å². The van der Waals surface area contributed by atoms with Crippen molar-refractivity contribution < 1.29 is 14.6 Å². The van der Waals surface area contributed by atoms with Gasteiger partial charge in [-0.1, -0.05) is 30.3 Å². The minimum absolute atomic E-state index is 0.0645. The molecule has 104 valence electrons. The molecule has 1 saturated heterocycles. The van der Waals surface area contributed by atoms with Crippen molar-refractivity contribution in [3.05, 3.63) is 35.9 Å². The number of hydrogen-bond acceptors (Lipinski definition) is 3. The monoisotopic (exact) mass is 264 g/mol. The quantitative estimate of drug-likeness (QED) is 0.838. The van der Waals surface area contributed by atoms with E-state index in [0.717, 1.165) is 5.56 Å². The van der Waals surface area contributed by atoms with Crippen LogP contribution in [0.15, 0.2) is 30.3 Å². The molecule has 1 fully saturated rings. The van der Waals surface area contributed by atoms with E-state index in [4.69, 9.17) is 4.74 Å². The molecule has 1 aliphatic heterocycles. The molecule has 1 aromatic carbocycles. The van der Waals surface area contributed by atoms with Crippen LogP contribution >= 0.6 is 0 Å². The van der Waals surface area contributed by atoms with E-state index in [9.17, 15) is 9.90 Å². The number of aliphatic hydroxyl groups is 1. The Morgan fingerprint density at radius 1 is 1.32 bits per heavy atom. The normalized spacial score (nSPS) is 17.0. The van der Waals surface area contributed by atoms with Gasteiger partial charge < -0.3 is 20.1 Å². The van der Waals surface area contributed by atoms with Gasteiger partial charge in [0, 0.05) is 13.1 Å². The Bertz CT molecular complexity index is 391. The molecule has 5 nitrogen and oxygen atoms in total. The summed E-state index contributed by atoms with van der Waals surface area (Å²) in [5, 5.41) is 12.2. The average Bonchev–Trinajstić information content (AvgIpc) is 2.48. The summed E-state index contributed by atoms with van der Waals surface area (Å²) in [6.07, 6.45) is 0.632. The first-order chi connectivity index (χ1) is 9.29. The van der Waals surface area contributed by atoms with Crippen molar-refractivity contribution in [3.8, 4) is 0 Å². The molecule has 19 heavy (non-hydrogen) atoms. The number of aliphatic hydroxyl groups excluding tert-OH is 1. The van der Waals surface area contributed by atoms with Crippen LogP contribution in [0.4, 0.5) is 4.79 Å². The van der Waals surface area contributed by atoms with Gasteiger partial charge >= 0.3 is 6.03 Å². The Morgan fingerprint density at radius 2 is 2.00 bits per heavy atom. The standard InChI is InChI=1S/C14H20N2O3/c17-11-13(10-12-4-2-1-3-5-12)15-14(18)16-6-8-19-9-7-16/h1-5,13,17H,6-11H2,(H,15,18). The lowest BCUT2D eigenvalue weighted by Crippen LogP contribution is -2.50. The number of morpholine rings is 1. The number of ether oxygens (including phenoxy) is 1. The maximum absolute atomic E-state index is 12.0. The van der Waals surface area contributed by atoms with Crippen molar-refractivity contribution in [1.29, 1.82) is 0 Å². The molecule has 0 bridgehead atoms. The molecular weight excluding hydrogens is 244 g/mol. The SMILES string of the molecule is O=C(NC(CO)Cc1ccccc1)N1CCOCC1. The molecule has 1 heterocycles. The fourth-order valence-corrected chi connectivity index (χ4v) is 2.09. The number of hydrogen-bond donors (Lipinski definition) is 2. The van der Waals surface area contributed by atoms with Crippen molar-refractivity contribution in [1.82, 2.24) is 10.2 Å². The summed E-state index contributed by atoms with van der Waals surface area (Å²) in [5.41, 5.74) is 1.10. The maximum Gasteiger partial charge on any atom is 0.317 e. The Hall–Kier alpha value is -1.59. The van der Waals surface area contributed by atoms with Gasteiger partial charge in [-0.15, -0.1) is 0 Å². The highest BCUT2D eigenvalue weighted by molar-refractivity contribution is 5.74. The van der Waals surface area contributed by atoms with E-state index in [1.807, 2.05) is 30.3 Å². The largest absolute Gasteiger partial charge is 0.394 e. The van der Waals surface area contributed by atoms with Gasteiger partial charge in [-0.05, 0) is 12.0 Å². The molecule has 2 rings (SSSR count). The molecule has 1 atom stereocenters. The van der Waals surface area contributed by atoms with Gasteiger partial charge in [0.15, 0.2) is 0 Å². The summed E-state index contributed by atoms with van der Waals surface area (Å²) in [4.78, 5) is 13.7. The number of amides is 2. The van der Waals surface area contributed by atoms with Crippen molar-refractivity contribution in [3.63, 3.8) is 0 Å². The van der Waals surface area contributed by atoms with Crippen molar-refractivity contribution >= 4 is 6.03 Å². The smallest absolute Gasteiger partial charge is 0.317 e. The van der Waals surface area contributed by atoms with Crippen LogP contribution in [0.1, 0.15) is 5.56 Å². The van der Waals surface area contributed by atoms with Gasteiger partial charge in [0.1, 0.15) is 0 Å². The van der Waals surface area contributed by atoms with E-state index in [0.29, 0.717) is 32.7 Å². The van der Waals surface area contributed by atoms with Crippen LogP contribution < -0.4 is 5.32 Å². The summed E-state index contributed by atoms with van der Waals surface area (Å²) in [6, 6.07) is 9.45. The van der Waals surface area contributed by atoms with Crippen molar-refractivity contribution in [2.75, 3.05) is 32.9 Å². The minimum atomic E-state index is -0.252. The van der Waals surface area contributed by atoms with Gasteiger partial charge in [0.25, 0.3) is 0 Å². The first kappa shape index (κ1) is 13.8. The molecule has 1 aliphatic rings. The van der Waals surface area contributed by atoms with Crippen LogP contribution in [0.3, 0.4) is 0 Å². The number of carbonyl (C=O) groups excluding carboxylic acids is 1. The fraction of sp³-hybridized carbons (Fsp3) is 0.500. The number of nitrogens with one attached hydrogen (secondary N) is 1. The lowest BCUT2D eigenvalue weighted by atomic mass is 10.1. The van der Waals surface area contributed by atoms with Gasteiger partial charge in [-0.25, -0.2) is 4.79 Å². The highest BCUT2D eigenvalue weighted by Crippen LogP contribution is 2.04. The van der Waals surface area contributed by atoms with Gasteiger partial charge in [0.05, 0.1) is 25.9 Å². The second-order valence-corrected chi connectivity index (χ2v) is 4.62. The summed E-state index contributed by atoms with van der Waals surface area (Å²) in [6.45, 7) is 2.31. The molecule has 0 spiro atoms. The summed E-state index contributed by atoms with van der Waals surface area (Å²) >= 11 is 0. The van der Waals surface area contributed by atoms with E-state index in [1.54, 1.807) is 4.90 Å². The molecule has 0 saturated carbocycles. The van der Waals surface area contributed by atoms with Gasteiger partial charge in [0.2, 0.25) is 0 Å². The Kier molecular flexibility index (Phi) is 5.18. The van der Waals surface area contributed by atoms with Crippen LogP contribution in [-0.4, -0.2) is 55.0 Å². The third-order valence-corrected chi connectivity index (χ3v) is 3.17. The number of rotatable bonds is 4. The molecule has 2 N–H and O–H groups in total. The number of nitrogens with zero attached hydrogens (tertiary/aromatic N) is 1. The zero-order chi connectivity index (χ0) is 13.5. The summed E-state index contributed by atoms with van der Waals surface area (Å²) < 4.78 is 5.21. The zero-order valence-electron chi connectivity index (χ0n) is 10.9. The molecule has 0 radical (unpaired) electrons. The Balaban J connectivity index is 1.86. The zero-order valence-corrected chi connectivity index (χ0v) is 10.9. The first-order valence-corrected chi connectivity index (χ1v) is 6.57. The Labute approximate surface area is 113 Å². The van der Waals surface area contributed by atoms with Gasteiger partial charge in [-0.2, -0.15) is 0 Å². The van der Waals surface area contributed by atoms with E-state index in [1.165, 1.54) is 0 Å². The summed E-state index contributed by atoms with van der Waals surface area (Å²) in [5.74, 6) is 0. The van der Waals surface area contributed by atoms with Crippen molar-refractivity contribution in [2.45, 2.75) is 12.5 Å². The maximum atomic E-state index is 12.0. The molecule has 5 heteroatoms. The van der Waals surface area contributed by atoms with Crippen LogP contribution in [0.25, 0.3) is 0 Å². The van der Waals surface area contributed by atoms with E-state index in [-0.39, 0.29) is 18.7 Å². The number of carbonyl (C=O) groups is 1. The third-order valence-electron chi connectivity index (χ3n) is 3.17. The second-order valence-electron chi connectivity index (χ2n) is 4.62. The topological polar surface area (TPSA) is 61.8 Å². The molecule has 1 unspecified atom stereocenters. The molecule has 0 aromatic heterocycles. The molecule has 2 amide bonds. The van der Waals surface area contributed by atoms with E-state index in [2.05, 4.69) is 5.32 Å². The predicted molar refractivity (Wildman–Crippen MR) is 71.9 cm³/mol. The Morgan fingerprint density at radius 3 is 2.63 bits per heavy atom. The second kappa shape index (κ2) is 7.11.